The Morgan fingerprint density at radius 3 is 2.94 bits per heavy atom. The molecule has 104 valence electrons. The van der Waals surface area contributed by atoms with Crippen molar-refractivity contribution in [1.29, 1.82) is 0 Å². The van der Waals surface area contributed by atoms with Crippen molar-refractivity contribution in [3.8, 4) is 0 Å². The molecule has 1 heterocycles. The summed E-state index contributed by atoms with van der Waals surface area (Å²) in [6.07, 6.45) is 5.02. The second kappa shape index (κ2) is 7.26. The highest BCUT2D eigenvalue weighted by Crippen LogP contribution is 2.29. The van der Waals surface area contributed by atoms with Gasteiger partial charge in [-0.15, -0.1) is 0 Å². The lowest BCUT2D eigenvalue weighted by molar-refractivity contribution is 0.145. The first-order chi connectivity index (χ1) is 8.79. The number of likely N-dealkylation sites (tertiary alicyclic amines) is 1. The highest BCUT2D eigenvalue weighted by atomic mass is 32.1. The van der Waals surface area contributed by atoms with Gasteiger partial charge in [0.1, 0.15) is 0 Å². The molecule has 4 nitrogen and oxygen atoms in total. The fourth-order valence-electron chi connectivity index (χ4n) is 2.43. The van der Waals surface area contributed by atoms with Crippen LogP contribution < -0.4 is 10.6 Å². The second-order valence-electron chi connectivity index (χ2n) is 5.16. The minimum atomic E-state index is 0.539. The van der Waals surface area contributed by atoms with Gasteiger partial charge in [0.05, 0.1) is 0 Å². The third-order valence-electron chi connectivity index (χ3n) is 3.57. The number of thiocarbonyl (C=S) groups is 1. The van der Waals surface area contributed by atoms with Crippen molar-refractivity contribution < 1.29 is 4.74 Å². The summed E-state index contributed by atoms with van der Waals surface area (Å²) in [5.74, 6) is 0. The minimum absolute atomic E-state index is 0.539. The molecule has 1 aliphatic heterocycles. The molecule has 1 aliphatic carbocycles. The fraction of sp³-hybridized carbons (Fsp3) is 0.923. The van der Waals surface area contributed by atoms with Gasteiger partial charge in [0.15, 0.2) is 5.11 Å². The molecule has 18 heavy (non-hydrogen) atoms. The van der Waals surface area contributed by atoms with Crippen molar-refractivity contribution in [3.05, 3.63) is 0 Å². The average Bonchev–Trinajstić information content (AvgIpc) is 3.11. The van der Waals surface area contributed by atoms with E-state index in [1.54, 1.807) is 0 Å². The molecule has 0 bridgehead atoms. The molecule has 1 saturated heterocycles. The van der Waals surface area contributed by atoms with Crippen LogP contribution in [0, 0.1) is 0 Å². The van der Waals surface area contributed by atoms with Gasteiger partial charge in [-0.25, -0.2) is 0 Å². The first-order valence-electron chi connectivity index (χ1n) is 7.15. The van der Waals surface area contributed by atoms with Crippen LogP contribution in [0.2, 0.25) is 0 Å². The van der Waals surface area contributed by atoms with E-state index in [-0.39, 0.29) is 0 Å². The van der Waals surface area contributed by atoms with Crippen LogP contribution in [0.15, 0.2) is 0 Å². The van der Waals surface area contributed by atoms with Crippen molar-refractivity contribution in [3.63, 3.8) is 0 Å². The number of hydrogen-bond acceptors (Lipinski definition) is 3. The predicted octanol–water partition coefficient (Wildman–Crippen LogP) is 1.11. The van der Waals surface area contributed by atoms with Gasteiger partial charge in [-0.1, -0.05) is 0 Å². The largest absolute Gasteiger partial charge is 0.382 e. The molecule has 2 aliphatic rings. The van der Waals surface area contributed by atoms with E-state index in [1.807, 2.05) is 6.92 Å². The van der Waals surface area contributed by atoms with Gasteiger partial charge in [0, 0.05) is 44.9 Å². The Morgan fingerprint density at radius 2 is 2.22 bits per heavy atom. The second-order valence-corrected chi connectivity index (χ2v) is 5.57. The molecule has 2 rings (SSSR count). The van der Waals surface area contributed by atoms with Crippen LogP contribution in [0.5, 0.6) is 0 Å². The molecule has 1 atom stereocenters. The van der Waals surface area contributed by atoms with Crippen molar-refractivity contribution in [2.75, 3.05) is 32.8 Å². The molecular weight excluding hydrogens is 246 g/mol. The van der Waals surface area contributed by atoms with E-state index in [9.17, 15) is 0 Å². The minimum Gasteiger partial charge on any atom is -0.382 e. The Kier molecular flexibility index (Phi) is 5.66. The Hall–Kier alpha value is -0.390. The van der Waals surface area contributed by atoms with Crippen LogP contribution in [0.25, 0.3) is 0 Å². The normalized spacial score (nSPS) is 24.2. The number of nitrogens with zero attached hydrogens (tertiary/aromatic N) is 1. The first-order valence-corrected chi connectivity index (χ1v) is 7.56. The molecule has 2 N–H and O–H groups in total. The molecule has 0 aromatic carbocycles. The van der Waals surface area contributed by atoms with E-state index in [0.29, 0.717) is 6.04 Å². The van der Waals surface area contributed by atoms with Crippen LogP contribution in [0.1, 0.15) is 32.6 Å². The number of rotatable bonds is 7. The van der Waals surface area contributed by atoms with Crippen molar-refractivity contribution in [2.24, 2.45) is 0 Å². The topological polar surface area (TPSA) is 36.5 Å². The lowest BCUT2D eigenvalue weighted by Crippen LogP contribution is -2.43. The van der Waals surface area contributed by atoms with E-state index in [2.05, 4.69) is 15.5 Å². The molecule has 0 spiro atoms. The maximum absolute atomic E-state index is 5.31. The summed E-state index contributed by atoms with van der Waals surface area (Å²) in [6.45, 7) is 6.91. The molecule has 1 unspecified atom stereocenters. The highest BCUT2D eigenvalue weighted by molar-refractivity contribution is 7.80. The van der Waals surface area contributed by atoms with Gasteiger partial charge in [-0.3, -0.25) is 4.90 Å². The summed E-state index contributed by atoms with van der Waals surface area (Å²) in [5, 5.41) is 7.47. The van der Waals surface area contributed by atoms with Crippen LogP contribution in [-0.2, 0) is 4.74 Å². The molecule has 1 saturated carbocycles. The van der Waals surface area contributed by atoms with Crippen LogP contribution >= 0.6 is 12.2 Å². The Labute approximate surface area is 115 Å². The Morgan fingerprint density at radius 1 is 1.39 bits per heavy atom. The molecular formula is C13H25N3OS. The van der Waals surface area contributed by atoms with Gasteiger partial charge < -0.3 is 15.4 Å². The molecule has 5 heteroatoms. The quantitative estimate of drug-likeness (QED) is 0.536. The zero-order valence-electron chi connectivity index (χ0n) is 11.3. The summed E-state index contributed by atoms with van der Waals surface area (Å²) in [7, 11) is 0. The molecule has 0 aromatic heterocycles. The van der Waals surface area contributed by atoms with Gasteiger partial charge in [-0.2, -0.15) is 0 Å². The van der Waals surface area contributed by atoms with Crippen LogP contribution in [-0.4, -0.2) is 54.9 Å². The van der Waals surface area contributed by atoms with E-state index in [4.69, 9.17) is 17.0 Å². The van der Waals surface area contributed by atoms with Gasteiger partial charge in [-0.05, 0) is 44.8 Å². The summed E-state index contributed by atoms with van der Waals surface area (Å²) in [4.78, 5) is 2.59. The lowest BCUT2D eigenvalue weighted by atomic mass is 10.3. The third-order valence-corrected chi connectivity index (χ3v) is 3.84. The zero-order valence-corrected chi connectivity index (χ0v) is 12.1. The monoisotopic (exact) mass is 271 g/mol. The molecule has 0 amide bonds. The molecule has 0 radical (unpaired) electrons. The van der Waals surface area contributed by atoms with E-state index >= 15 is 0 Å². The lowest BCUT2D eigenvalue weighted by Gasteiger charge is -2.17. The maximum atomic E-state index is 5.31. The van der Waals surface area contributed by atoms with Gasteiger partial charge >= 0.3 is 0 Å². The number of ether oxygens (including phenoxy) is 1. The van der Waals surface area contributed by atoms with E-state index in [0.717, 1.165) is 43.9 Å². The number of hydrogen-bond donors (Lipinski definition) is 2. The number of nitrogens with one attached hydrogen (secondary N) is 2. The zero-order chi connectivity index (χ0) is 12.8. The van der Waals surface area contributed by atoms with Gasteiger partial charge in [0.25, 0.3) is 0 Å². The highest BCUT2D eigenvalue weighted by Gasteiger charge is 2.34. The fourth-order valence-corrected chi connectivity index (χ4v) is 2.70. The molecule has 2 fully saturated rings. The Balaban J connectivity index is 1.51. The van der Waals surface area contributed by atoms with Gasteiger partial charge in [0.2, 0.25) is 0 Å². The van der Waals surface area contributed by atoms with Crippen molar-refractivity contribution in [2.45, 2.75) is 44.7 Å². The van der Waals surface area contributed by atoms with Crippen LogP contribution in [0.3, 0.4) is 0 Å². The maximum Gasteiger partial charge on any atom is 0.166 e. The van der Waals surface area contributed by atoms with Crippen molar-refractivity contribution >= 4 is 17.3 Å². The third kappa shape index (κ3) is 4.71. The smallest absolute Gasteiger partial charge is 0.166 e. The summed E-state index contributed by atoms with van der Waals surface area (Å²) in [5.41, 5.74) is 0. The summed E-state index contributed by atoms with van der Waals surface area (Å²) < 4.78 is 5.29. The predicted molar refractivity (Wildman–Crippen MR) is 77.8 cm³/mol. The van der Waals surface area contributed by atoms with E-state index in [1.165, 1.54) is 25.8 Å². The average molecular weight is 271 g/mol. The standard InChI is InChI=1S/C13H25N3OS/c1-2-17-9-3-7-14-13(18)15-11-6-8-16(10-11)12-4-5-12/h11-12H,2-10H2,1H3,(H2,14,15,18). The SMILES string of the molecule is CCOCCCNC(=S)NC1CCN(C2CC2)C1. The van der Waals surface area contributed by atoms with E-state index < -0.39 is 0 Å². The summed E-state index contributed by atoms with van der Waals surface area (Å²) in [6, 6.07) is 1.42. The summed E-state index contributed by atoms with van der Waals surface area (Å²) >= 11 is 5.31. The first kappa shape index (κ1) is 14.0. The van der Waals surface area contributed by atoms with Crippen molar-refractivity contribution in [1.82, 2.24) is 15.5 Å². The molecule has 0 aromatic rings. The van der Waals surface area contributed by atoms with Crippen LogP contribution in [0.4, 0.5) is 0 Å². The Bertz CT molecular complexity index is 271.